The summed E-state index contributed by atoms with van der Waals surface area (Å²) in [6, 6.07) is 2.81. The molecule has 1 aromatic rings. The van der Waals surface area contributed by atoms with Crippen LogP contribution in [0.3, 0.4) is 0 Å². The Balaban J connectivity index is 2.01. The van der Waals surface area contributed by atoms with Crippen LogP contribution >= 0.6 is 11.6 Å². The van der Waals surface area contributed by atoms with Gasteiger partial charge in [-0.15, -0.1) is 0 Å². The second-order valence-corrected chi connectivity index (χ2v) is 6.09. The molecule has 0 radical (unpaired) electrons. The maximum atomic E-state index is 6.22. The zero-order chi connectivity index (χ0) is 13.8. The number of pyridine rings is 1. The van der Waals surface area contributed by atoms with Crippen molar-refractivity contribution >= 4 is 17.4 Å². The van der Waals surface area contributed by atoms with Crippen LogP contribution in [0.2, 0.25) is 5.02 Å². The molecule has 0 saturated heterocycles. The summed E-state index contributed by atoms with van der Waals surface area (Å²) in [7, 11) is 2.10. The first-order valence-corrected chi connectivity index (χ1v) is 7.57. The first-order valence-electron chi connectivity index (χ1n) is 7.19. The van der Waals surface area contributed by atoms with E-state index in [2.05, 4.69) is 42.2 Å². The van der Waals surface area contributed by atoms with Crippen LogP contribution in [-0.2, 0) is 6.54 Å². The van der Waals surface area contributed by atoms with Gasteiger partial charge in [-0.05, 0) is 30.4 Å². The van der Waals surface area contributed by atoms with Gasteiger partial charge in [0.25, 0.3) is 0 Å². The fraction of sp³-hybridized carbons (Fsp3) is 0.667. The minimum Gasteiger partial charge on any atom is -0.359 e. The van der Waals surface area contributed by atoms with Crippen LogP contribution in [0, 0.1) is 5.92 Å². The van der Waals surface area contributed by atoms with Gasteiger partial charge in [0.15, 0.2) is 0 Å². The zero-order valence-electron chi connectivity index (χ0n) is 12.1. The summed E-state index contributed by atoms with van der Waals surface area (Å²) in [5.74, 6) is 1.69. The quantitative estimate of drug-likeness (QED) is 0.829. The zero-order valence-corrected chi connectivity index (χ0v) is 12.9. The SMILES string of the molecule is CCC(C)CN(C)c1cc(CNC2CC2)c(Cl)cn1. The molecule has 1 fully saturated rings. The Morgan fingerprint density at radius 1 is 1.53 bits per heavy atom. The van der Waals surface area contributed by atoms with Crippen LogP contribution in [0.4, 0.5) is 5.82 Å². The number of anilines is 1. The highest BCUT2D eigenvalue weighted by atomic mass is 35.5. The molecule has 1 heterocycles. The number of rotatable bonds is 7. The number of aromatic nitrogens is 1. The van der Waals surface area contributed by atoms with Crippen LogP contribution < -0.4 is 10.2 Å². The number of hydrogen-bond acceptors (Lipinski definition) is 3. The Labute approximate surface area is 121 Å². The van der Waals surface area contributed by atoms with Crippen molar-refractivity contribution in [3.05, 3.63) is 22.8 Å². The van der Waals surface area contributed by atoms with Gasteiger partial charge in [0, 0.05) is 32.4 Å². The fourth-order valence-electron chi connectivity index (χ4n) is 2.04. The van der Waals surface area contributed by atoms with Crippen LogP contribution in [0.5, 0.6) is 0 Å². The summed E-state index contributed by atoms with van der Waals surface area (Å²) >= 11 is 6.22. The minimum atomic E-state index is 0.676. The highest BCUT2D eigenvalue weighted by molar-refractivity contribution is 6.31. The van der Waals surface area contributed by atoms with Gasteiger partial charge in [-0.25, -0.2) is 4.98 Å². The lowest BCUT2D eigenvalue weighted by Crippen LogP contribution is -2.25. The maximum Gasteiger partial charge on any atom is 0.128 e. The van der Waals surface area contributed by atoms with Gasteiger partial charge in [-0.1, -0.05) is 31.9 Å². The van der Waals surface area contributed by atoms with Crippen molar-refractivity contribution in [2.45, 2.75) is 45.7 Å². The second-order valence-electron chi connectivity index (χ2n) is 5.68. The molecule has 0 amide bonds. The van der Waals surface area contributed by atoms with Crippen molar-refractivity contribution in [2.75, 3.05) is 18.5 Å². The van der Waals surface area contributed by atoms with Crippen molar-refractivity contribution < 1.29 is 0 Å². The van der Waals surface area contributed by atoms with Gasteiger partial charge in [0.2, 0.25) is 0 Å². The lowest BCUT2D eigenvalue weighted by atomic mass is 10.1. The van der Waals surface area contributed by atoms with E-state index in [-0.39, 0.29) is 0 Å². The predicted octanol–water partition coefficient (Wildman–Crippen LogP) is 3.47. The maximum absolute atomic E-state index is 6.22. The van der Waals surface area contributed by atoms with Crippen molar-refractivity contribution in [1.82, 2.24) is 10.3 Å². The summed E-state index contributed by atoms with van der Waals surface area (Å²) in [5, 5.41) is 4.26. The Bertz CT molecular complexity index is 418. The summed E-state index contributed by atoms with van der Waals surface area (Å²) in [6.07, 6.45) is 5.55. The van der Waals surface area contributed by atoms with Gasteiger partial charge >= 0.3 is 0 Å². The molecule has 106 valence electrons. The topological polar surface area (TPSA) is 28.2 Å². The van der Waals surface area contributed by atoms with Crippen molar-refractivity contribution in [2.24, 2.45) is 5.92 Å². The molecule has 0 aromatic carbocycles. The Morgan fingerprint density at radius 2 is 2.26 bits per heavy atom. The van der Waals surface area contributed by atoms with Gasteiger partial charge in [0.05, 0.1) is 5.02 Å². The van der Waals surface area contributed by atoms with E-state index in [4.69, 9.17) is 11.6 Å². The third kappa shape index (κ3) is 4.36. The summed E-state index contributed by atoms with van der Waals surface area (Å²) in [4.78, 5) is 6.65. The summed E-state index contributed by atoms with van der Waals surface area (Å²) < 4.78 is 0. The lowest BCUT2D eigenvalue weighted by molar-refractivity contribution is 0.557. The third-order valence-electron chi connectivity index (χ3n) is 3.75. The lowest BCUT2D eigenvalue weighted by Gasteiger charge is -2.22. The largest absolute Gasteiger partial charge is 0.359 e. The molecule has 19 heavy (non-hydrogen) atoms. The van der Waals surface area contributed by atoms with Gasteiger partial charge in [-0.3, -0.25) is 0 Å². The molecule has 1 aliphatic carbocycles. The average Bonchev–Trinajstić information content (AvgIpc) is 3.21. The molecule has 1 unspecified atom stereocenters. The molecule has 0 aliphatic heterocycles. The number of nitrogens with zero attached hydrogens (tertiary/aromatic N) is 2. The van der Waals surface area contributed by atoms with Crippen molar-refractivity contribution in [3.63, 3.8) is 0 Å². The molecule has 0 spiro atoms. The molecule has 0 bridgehead atoms. The van der Waals surface area contributed by atoms with Crippen LogP contribution in [0.1, 0.15) is 38.7 Å². The molecule has 1 N–H and O–H groups in total. The Kier molecular flexibility index (Phi) is 5.06. The molecule has 1 aliphatic rings. The van der Waals surface area contributed by atoms with Gasteiger partial charge in [-0.2, -0.15) is 0 Å². The second kappa shape index (κ2) is 6.58. The van der Waals surface area contributed by atoms with E-state index in [1.54, 1.807) is 6.20 Å². The highest BCUT2D eigenvalue weighted by Crippen LogP contribution is 2.23. The normalized spacial score (nSPS) is 16.4. The van der Waals surface area contributed by atoms with E-state index in [1.165, 1.54) is 19.3 Å². The minimum absolute atomic E-state index is 0.676. The van der Waals surface area contributed by atoms with Crippen molar-refractivity contribution in [1.29, 1.82) is 0 Å². The Morgan fingerprint density at radius 3 is 2.89 bits per heavy atom. The molecular weight excluding hydrogens is 258 g/mol. The van der Waals surface area contributed by atoms with E-state index in [0.717, 1.165) is 29.5 Å². The van der Waals surface area contributed by atoms with Crippen LogP contribution in [0.25, 0.3) is 0 Å². The van der Waals surface area contributed by atoms with Gasteiger partial charge in [0.1, 0.15) is 5.82 Å². The first-order chi connectivity index (χ1) is 9.10. The monoisotopic (exact) mass is 281 g/mol. The smallest absolute Gasteiger partial charge is 0.128 e. The highest BCUT2D eigenvalue weighted by Gasteiger charge is 2.20. The van der Waals surface area contributed by atoms with Gasteiger partial charge < -0.3 is 10.2 Å². The van der Waals surface area contributed by atoms with Crippen LogP contribution in [0.15, 0.2) is 12.3 Å². The molecule has 2 rings (SSSR count). The third-order valence-corrected chi connectivity index (χ3v) is 4.09. The van der Waals surface area contributed by atoms with E-state index in [1.807, 2.05) is 0 Å². The predicted molar refractivity (Wildman–Crippen MR) is 81.8 cm³/mol. The average molecular weight is 282 g/mol. The summed E-state index contributed by atoms with van der Waals surface area (Å²) in [5.41, 5.74) is 1.15. The van der Waals surface area contributed by atoms with Crippen molar-refractivity contribution in [3.8, 4) is 0 Å². The summed E-state index contributed by atoms with van der Waals surface area (Å²) in [6.45, 7) is 6.36. The fourth-order valence-corrected chi connectivity index (χ4v) is 2.21. The molecule has 4 heteroatoms. The first kappa shape index (κ1) is 14.6. The number of hydrogen-bond donors (Lipinski definition) is 1. The molecular formula is C15H24ClN3. The molecule has 3 nitrogen and oxygen atoms in total. The standard InChI is InChI=1S/C15H24ClN3/c1-4-11(2)10-19(3)15-7-12(14(16)9-18-15)8-17-13-5-6-13/h7,9,11,13,17H,4-6,8,10H2,1-3H3. The van der Waals surface area contributed by atoms with E-state index >= 15 is 0 Å². The molecule has 1 atom stereocenters. The Hall–Kier alpha value is -0.800. The van der Waals surface area contributed by atoms with E-state index < -0.39 is 0 Å². The molecule has 1 saturated carbocycles. The number of halogens is 1. The molecule has 1 aromatic heterocycles. The number of nitrogens with one attached hydrogen (secondary N) is 1. The van der Waals surface area contributed by atoms with E-state index in [0.29, 0.717) is 12.0 Å². The van der Waals surface area contributed by atoms with E-state index in [9.17, 15) is 0 Å². The van der Waals surface area contributed by atoms with Crippen LogP contribution in [-0.4, -0.2) is 24.6 Å².